The minimum Gasteiger partial charge on any atom is -0.479 e. The zero-order valence-corrected chi connectivity index (χ0v) is 15.1. The molecule has 5 nitrogen and oxygen atoms in total. The fourth-order valence-corrected chi connectivity index (χ4v) is 3.33. The molecule has 132 valence electrons. The van der Waals surface area contributed by atoms with Crippen LogP contribution in [0.15, 0.2) is 30.3 Å². The Hall–Kier alpha value is -1.17. The zero-order chi connectivity index (χ0) is 17.8. The number of carboxylic acid groups (broad SMARTS) is 1. The van der Waals surface area contributed by atoms with Crippen molar-refractivity contribution in [2.24, 2.45) is 5.92 Å². The third-order valence-electron chi connectivity index (χ3n) is 4.20. The van der Waals surface area contributed by atoms with Crippen molar-refractivity contribution in [2.75, 3.05) is 6.61 Å². The van der Waals surface area contributed by atoms with Crippen molar-refractivity contribution in [2.45, 2.75) is 35.0 Å². The molecule has 0 saturated heterocycles. The quantitative estimate of drug-likeness (QED) is 0.732. The maximum Gasteiger partial charge on any atom is 0.408 e. The van der Waals surface area contributed by atoms with Gasteiger partial charge in [0.25, 0.3) is 0 Å². The molecule has 1 amide bonds. The predicted molar refractivity (Wildman–Crippen MR) is 92.5 cm³/mol. The van der Waals surface area contributed by atoms with Crippen molar-refractivity contribution in [3.63, 3.8) is 0 Å². The van der Waals surface area contributed by atoms with Gasteiger partial charge < -0.3 is 15.2 Å². The van der Waals surface area contributed by atoms with Gasteiger partial charge in [0.2, 0.25) is 3.79 Å². The number of rotatable bonds is 5. The van der Waals surface area contributed by atoms with Gasteiger partial charge in [-0.2, -0.15) is 0 Å². The van der Waals surface area contributed by atoms with Crippen LogP contribution in [0, 0.1) is 5.92 Å². The molecule has 8 heteroatoms. The molecule has 1 aliphatic carbocycles. The molecule has 0 bridgehead atoms. The highest BCUT2D eigenvalue weighted by Crippen LogP contribution is 2.41. The van der Waals surface area contributed by atoms with Gasteiger partial charge in [-0.25, -0.2) is 9.59 Å². The number of alkyl carbamates (subject to hydrolysis) is 1. The van der Waals surface area contributed by atoms with Gasteiger partial charge in [-0.05, 0) is 24.3 Å². The molecule has 0 aliphatic heterocycles. The summed E-state index contributed by atoms with van der Waals surface area (Å²) in [6.07, 6.45) is 2.30. The van der Waals surface area contributed by atoms with Crippen LogP contribution in [0.4, 0.5) is 4.79 Å². The average molecular weight is 395 g/mol. The van der Waals surface area contributed by atoms with Gasteiger partial charge in [-0.15, -0.1) is 0 Å². The monoisotopic (exact) mass is 393 g/mol. The van der Waals surface area contributed by atoms with Crippen LogP contribution in [0.5, 0.6) is 0 Å². The minimum absolute atomic E-state index is 0.238. The third kappa shape index (κ3) is 4.47. The Bertz CT molecular complexity index is 585. The fraction of sp³-hybridized carbons (Fsp3) is 0.500. The largest absolute Gasteiger partial charge is 0.479 e. The maximum absolute atomic E-state index is 12.2. The molecule has 0 heterocycles. The molecule has 1 aromatic rings. The summed E-state index contributed by atoms with van der Waals surface area (Å²) in [7, 11) is 0. The summed E-state index contributed by atoms with van der Waals surface area (Å²) in [6.45, 7) is -0.474. The number of ether oxygens (including phenoxy) is 1. The van der Waals surface area contributed by atoms with Crippen LogP contribution in [-0.4, -0.2) is 27.6 Å². The van der Waals surface area contributed by atoms with E-state index in [-0.39, 0.29) is 5.92 Å². The molecule has 24 heavy (non-hydrogen) atoms. The number of aliphatic carboxylic acids is 1. The number of alkyl halides is 3. The molecule has 0 unspecified atom stereocenters. The number of hydrogen-bond donors (Lipinski definition) is 2. The molecule has 1 aliphatic rings. The number of carbonyl (C=O) groups is 2. The highest BCUT2D eigenvalue weighted by molar-refractivity contribution is 6.67. The lowest BCUT2D eigenvalue weighted by Crippen LogP contribution is -2.56. The van der Waals surface area contributed by atoms with E-state index in [0.717, 1.165) is 12.8 Å². The van der Waals surface area contributed by atoms with Crippen molar-refractivity contribution in [3.8, 4) is 0 Å². The standard InChI is InChI=1S/C16H18Cl3NO4/c17-15(18,19)10-24-14(23)20-16(13(21)22,12-8-4-5-9-12)11-6-2-1-3-7-11/h1-3,6-7,12H,4-5,8-10H2,(H,20,23)(H,21,22)/t16-/m1/s1. The highest BCUT2D eigenvalue weighted by Gasteiger charge is 2.50. The first-order valence-corrected chi connectivity index (χ1v) is 8.69. The Morgan fingerprint density at radius 1 is 1.17 bits per heavy atom. The first-order chi connectivity index (χ1) is 11.3. The lowest BCUT2D eigenvalue weighted by atomic mass is 9.77. The Labute approximate surface area is 155 Å². The van der Waals surface area contributed by atoms with E-state index in [2.05, 4.69) is 5.32 Å². The van der Waals surface area contributed by atoms with Crippen LogP contribution in [0.25, 0.3) is 0 Å². The van der Waals surface area contributed by atoms with Gasteiger partial charge in [0.05, 0.1) is 0 Å². The number of benzene rings is 1. The number of carbonyl (C=O) groups excluding carboxylic acids is 1. The molecule has 0 radical (unpaired) electrons. The van der Waals surface area contributed by atoms with Crippen LogP contribution in [0.2, 0.25) is 0 Å². The maximum atomic E-state index is 12.2. The van der Waals surface area contributed by atoms with Crippen molar-refractivity contribution in [1.29, 1.82) is 0 Å². The van der Waals surface area contributed by atoms with Crippen LogP contribution in [-0.2, 0) is 15.1 Å². The zero-order valence-electron chi connectivity index (χ0n) is 12.8. The molecule has 2 rings (SSSR count). The molecule has 1 aromatic carbocycles. The Morgan fingerprint density at radius 2 is 1.75 bits per heavy atom. The average Bonchev–Trinajstić information content (AvgIpc) is 3.05. The normalized spacial score (nSPS) is 18.0. The summed E-state index contributed by atoms with van der Waals surface area (Å²) in [5.41, 5.74) is -1.07. The van der Waals surface area contributed by atoms with Crippen LogP contribution >= 0.6 is 34.8 Å². The summed E-state index contributed by atoms with van der Waals surface area (Å²) in [5.74, 6) is -1.37. The number of hydrogen-bond acceptors (Lipinski definition) is 3. The Balaban J connectivity index is 2.31. The fourth-order valence-electron chi connectivity index (χ4n) is 3.17. The van der Waals surface area contributed by atoms with Gasteiger partial charge in [-0.3, -0.25) is 0 Å². The van der Waals surface area contributed by atoms with E-state index >= 15 is 0 Å². The molecule has 0 spiro atoms. The second-order valence-corrected chi connectivity index (χ2v) is 8.29. The van der Waals surface area contributed by atoms with Gasteiger partial charge in [0.15, 0.2) is 5.54 Å². The van der Waals surface area contributed by atoms with E-state index in [1.54, 1.807) is 30.3 Å². The van der Waals surface area contributed by atoms with E-state index < -0.39 is 28.0 Å². The lowest BCUT2D eigenvalue weighted by molar-refractivity contribution is -0.148. The Kier molecular flexibility index (Phi) is 6.23. The summed E-state index contributed by atoms with van der Waals surface area (Å²) >= 11 is 16.7. The first-order valence-electron chi connectivity index (χ1n) is 7.56. The third-order valence-corrected chi connectivity index (χ3v) is 4.53. The van der Waals surface area contributed by atoms with E-state index in [1.807, 2.05) is 0 Å². The SMILES string of the molecule is O=C(N[C@](C(=O)O)(c1ccccc1)C1CCCC1)OCC(Cl)(Cl)Cl. The summed E-state index contributed by atoms with van der Waals surface area (Å²) in [6, 6.07) is 8.61. The number of carboxylic acids is 1. The number of nitrogens with one attached hydrogen (secondary N) is 1. The van der Waals surface area contributed by atoms with E-state index in [0.29, 0.717) is 18.4 Å². The van der Waals surface area contributed by atoms with Gasteiger partial charge in [0.1, 0.15) is 6.61 Å². The second-order valence-electron chi connectivity index (χ2n) is 5.78. The second kappa shape index (κ2) is 7.81. The van der Waals surface area contributed by atoms with Gasteiger partial charge in [-0.1, -0.05) is 78.0 Å². The van der Waals surface area contributed by atoms with Crippen molar-refractivity contribution >= 4 is 46.9 Å². The molecule has 2 N–H and O–H groups in total. The number of halogens is 3. The van der Waals surface area contributed by atoms with E-state index in [9.17, 15) is 14.7 Å². The van der Waals surface area contributed by atoms with Gasteiger partial charge in [0, 0.05) is 0 Å². The van der Waals surface area contributed by atoms with Crippen molar-refractivity contribution in [1.82, 2.24) is 5.32 Å². The first kappa shape index (κ1) is 19.2. The molecule has 1 saturated carbocycles. The molecule has 1 atom stereocenters. The molecule has 1 fully saturated rings. The highest BCUT2D eigenvalue weighted by atomic mass is 35.6. The number of amides is 1. The van der Waals surface area contributed by atoms with Crippen LogP contribution in [0.1, 0.15) is 31.2 Å². The molecule has 0 aromatic heterocycles. The van der Waals surface area contributed by atoms with Gasteiger partial charge >= 0.3 is 12.1 Å². The molecular formula is C16H18Cl3NO4. The Morgan fingerprint density at radius 3 is 2.25 bits per heavy atom. The lowest BCUT2D eigenvalue weighted by Gasteiger charge is -2.36. The van der Waals surface area contributed by atoms with Crippen LogP contribution < -0.4 is 5.32 Å². The van der Waals surface area contributed by atoms with Crippen molar-refractivity contribution < 1.29 is 19.4 Å². The van der Waals surface area contributed by atoms with E-state index in [4.69, 9.17) is 39.5 Å². The summed E-state index contributed by atoms with van der Waals surface area (Å²) in [4.78, 5) is 24.4. The molecular weight excluding hydrogens is 377 g/mol. The van der Waals surface area contributed by atoms with E-state index in [1.165, 1.54) is 0 Å². The predicted octanol–water partition coefficient (Wildman–Crippen LogP) is 4.25. The van der Waals surface area contributed by atoms with Crippen molar-refractivity contribution in [3.05, 3.63) is 35.9 Å². The van der Waals surface area contributed by atoms with Crippen LogP contribution in [0.3, 0.4) is 0 Å². The minimum atomic E-state index is -1.76. The topological polar surface area (TPSA) is 75.6 Å². The summed E-state index contributed by atoms with van der Waals surface area (Å²) < 4.78 is 3.12. The summed E-state index contributed by atoms with van der Waals surface area (Å²) in [5, 5.41) is 12.5. The smallest absolute Gasteiger partial charge is 0.408 e.